The summed E-state index contributed by atoms with van der Waals surface area (Å²) in [6.07, 6.45) is 2.16. The fourth-order valence-corrected chi connectivity index (χ4v) is 3.09. The number of thioether (sulfide) groups is 1. The molecule has 0 aliphatic carbocycles. The van der Waals surface area contributed by atoms with Crippen LogP contribution >= 0.6 is 23.4 Å². The van der Waals surface area contributed by atoms with Gasteiger partial charge in [-0.2, -0.15) is 0 Å². The molecule has 0 N–H and O–H groups in total. The van der Waals surface area contributed by atoms with E-state index < -0.39 is 0 Å². The van der Waals surface area contributed by atoms with E-state index in [1.165, 1.54) is 0 Å². The molecule has 0 amide bonds. The molecule has 18 heavy (non-hydrogen) atoms. The third-order valence-electron chi connectivity index (χ3n) is 2.80. The highest BCUT2D eigenvalue weighted by Gasteiger charge is 2.21. The Kier molecular flexibility index (Phi) is 4.51. The third kappa shape index (κ3) is 3.84. The monoisotopic (exact) mass is 286 g/mol. The second-order valence-electron chi connectivity index (χ2n) is 5.53. The van der Waals surface area contributed by atoms with Crippen molar-refractivity contribution in [2.24, 2.45) is 0 Å². The SMILES string of the molecule is CC(C)(C)c1nc(Cl)cc(SC2CCOCC2)n1. The van der Waals surface area contributed by atoms with Crippen LogP contribution in [0.3, 0.4) is 0 Å². The van der Waals surface area contributed by atoms with Crippen LogP contribution in [-0.2, 0) is 10.2 Å². The zero-order chi connectivity index (χ0) is 13.2. The molecule has 1 aromatic heterocycles. The van der Waals surface area contributed by atoms with E-state index >= 15 is 0 Å². The molecule has 1 aromatic rings. The Morgan fingerprint density at radius 2 is 1.94 bits per heavy atom. The van der Waals surface area contributed by atoms with Crippen molar-refractivity contribution in [3.8, 4) is 0 Å². The van der Waals surface area contributed by atoms with Crippen LogP contribution < -0.4 is 0 Å². The minimum atomic E-state index is -0.0735. The average Bonchev–Trinajstić information content (AvgIpc) is 2.28. The number of aromatic nitrogens is 2. The predicted molar refractivity (Wildman–Crippen MR) is 75.4 cm³/mol. The van der Waals surface area contributed by atoms with Crippen LogP contribution in [0.15, 0.2) is 11.1 Å². The Bertz CT molecular complexity index is 414. The third-order valence-corrected chi connectivity index (χ3v) is 4.25. The number of ether oxygens (including phenoxy) is 1. The molecule has 1 aliphatic heterocycles. The van der Waals surface area contributed by atoms with Gasteiger partial charge in [-0.05, 0) is 12.8 Å². The zero-order valence-electron chi connectivity index (χ0n) is 11.1. The summed E-state index contributed by atoms with van der Waals surface area (Å²) in [5, 5.41) is 2.09. The Hall–Kier alpha value is -0.320. The van der Waals surface area contributed by atoms with Crippen LogP contribution in [-0.4, -0.2) is 28.4 Å². The molecule has 0 aromatic carbocycles. The first-order valence-corrected chi connectivity index (χ1v) is 7.50. The van der Waals surface area contributed by atoms with Crippen molar-refractivity contribution in [3.63, 3.8) is 0 Å². The van der Waals surface area contributed by atoms with Crippen LogP contribution in [0.4, 0.5) is 0 Å². The van der Waals surface area contributed by atoms with Crippen molar-refractivity contribution in [3.05, 3.63) is 17.0 Å². The Balaban J connectivity index is 2.14. The molecule has 100 valence electrons. The number of hydrogen-bond acceptors (Lipinski definition) is 4. The molecule has 0 radical (unpaired) electrons. The van der Waals surface area contributed by atoms with Crippen LogP contribution in [0, 0.1) is 0 Å². The van der Waals surface area contributed by atoms with Gasteiger partial charge >= 0.3 is 0 Å². The first kappa shape index (κ1) is 14.1. The summed E-state index contributed by atoms with van der Waals surface area (Å²) >= 11 is 7.88. The van der Waals surface area contributed by atoms with E-state index in [2.05, 4.69) is 30.7 Å². The molecule has 3 nitrogen and oxygen atoms in total. The lowest BCUT2D eigenvalue weighted by Crippen LogP contribution is -2.19. The van der Waals surface area contributed by atoms with Gasteiger partial charge in [-0.1, -0.05) is 32.4 Å². The average molecular weight is 287 g/mol. The van der Waals surface area contributed by atoms with Crippen molar-refractivity contribution in [1.29, 1.82) is 0 Å². The fraction of sp³-hybridized carbons (Fsp3) is 0.692. The van der Waals surface area contributed by atoms with Crippen LogP contribution in [0.5, 0.6) is 0 Å². The lowest BCUT2D eigenvalue weighted by atomic mass is 9.96. The second-order valence-corrected chi connectivity index (χ2v) is 7.24. The minimum Gasteiger partial charge on any atom is -0.381 e. The van der Waals surface area contributed by atoms with Crippen LogP contribution in [0.1, 0.15) is 39.4 Å². The molecule has 0 saturated carbocycles. The van der Waals surface area contributed by atoms with E-state index in [1.54, 1.807) is 11.8 Å². The topological polar surface area (TPSA) is 35.0 Å². The van der Waals surface area contributed by atoms with Crippen molar-refractivity contribution in [1.82, 2.24) is 9.97 Å². The molecule has 5 heteroatoms. The molecule has 0 atom stereocenters. The van der Waals surface area contributed by atoms with Gasteiger partial charge in [0.15, 0.2) is 0 Å². The molecule has 1 fully saturated rings. The molecule has 2 heterocycles. The maximum atomic E-state index is 6.08. The predicted octanol–water partition coefficient (Wildman–Crippen LogP) is 3.70. The molecule has 0 unspecified atom stereocenters. The zero-order valence-corrected chi connectivity index (χ0v) is 12.6. The summed E-state index contributed by atoms with van der Waals surface area (Å²) < 4.78 is 5.37. The lowest BCUT2D eigenvalue weighted by molar-refractivity contribution is 0.1000. The van der Waals surface area contributed by atoms with Crippen molar-refractivity contribution in [2.45, 2.75) is 49.3 Å². The largest absolute Gasteiger partial charge is 0.381 e. The molecule has 0 spiro atoms. The molecule has 1 saturated heterocycles. The van der Waals surface area contributed by atoms with Crippen LogP contribution in [0.25, 0.3) is 0 Å². The van der Waals surface area contributed by atoms with E-state index in [4.69, 9.17) is 16.3 Å². The molecular formula is C13H19ClN2OS. The summed E-state index contributed by atoms with van der Waals surface area (Å²) in [6.45, 7) is 8.00. The Morgan fingerprint density at radius 1 is 1.28 bits per heavy atom. The van der Waals surface area contributed by atoms with Gasteiger partial charge in [-0.3, -0.25) is 0 Å². The summed E-state index contributed by atoms with van der Waals surface area (Å²) in [5.41, 5.74) is -0.0735. The first-order chi connectivity index (χ1) is 8.45. The fourth-order valence-electron chi connectivity index (χ4n) is 1.76. The standard InChI is InChI=1S/C13H19ClN2OS/c1-13(2,3)12-15-10(14)8-11(16-12)18-9-4-6-17-7-5-9/h8-9H,4-7H2,1-3H3. The van der Waals surface area contributed by atoms with Crippen LogP contribution in [0.2, 0.25) is 5.15 Å². The van der Waals surface area contributed by atoms with Gasteiger partial charge in [-0.25, -0.2) is 9.97 Å². The van der Waals surface area contributed by atoms with Gasteiger partial charge < -0.3 is 4.74 Å². The number of rotatable bonds is 2. The number of hydrogen-bond donors (Lipinski definition) is 0. The van der Waals surface area contributed by atoms with Gasteiger partial charge in [0.05, 0.1) is 0 Å². The summed E-state index contributed by atoms with van der Waals surface area (Å²) in [7, 11) is 0. The highest BCUT2D eigenvalue weighted by atomic mass is 35.5. The van der Waals surface area contributed by atoms with Crippen molar-refractivity contribution in [2.75, 3.05) is 13.2 Å². The van der Waals surface area contributed by atoms with Crippen molar-refractivity contribution >= 4 is 23.4 Å². The second kappa shape index (κ2) is 5.76. The summed E-state index contributed by atoms with van der Waals surface area (Å²) in [5.74, 6) is 0.810. The van der Waals surface area contributed by atoms with Crippen molar-refractivity contribution < 1.29 is 4.74 Å². The van der Waals surface area contributed by atoms with E-state index in [0.29, 0.717) is 10.4 Å². The van der Waals surface area contributed by atoms with Gasteiger partial charge in [0.1, 0.15) is 16.0 Å². The van der Waals surface area contributed by atoms with Gasteiger partial charge in [0.2, 0.25) is 0 Å². The molecular weight excluding hydrogens is 268 g/mol. The summed E-state index contributed by atoms with van der Waals surface area (Å²) in [6, 6.07) is 1.86. The lowest BCUT2D eigenvalue weighted by Gasteiger charge is -2.22. The maximum absolute atomic E-state index is 6.08. The molecule has 1 aliphatic rings. The summed E-state index contributed by atoms with van der Waals surface area (Å²) in [4.78, 5) is 8.94. The normalized spacial score (nSPS) is 18.0. The van der Waals surface area contributed by atoms with E-state index in [9.17, 15) is 0 Å². The quantitative estimate of drug-likeness (QED) is 0.777. The van der Waals surface area contributed by atoms with Gasteiger partial charge in [0, 0.05) is 29.9 Å². The minimum absolute atomic E-state index is 0.0735. The van der Waals surface area contributed by atoms with E-state index in [1.807, 2.05) is 6.07 Å². The molecule has 0 bridgehead atoms. The highest BCUT2D eigenvalue weighted by molar-refractivity contribution is 7.99. The number of halogens is 1. The van der Waals surface area contributed by atoms with E-state index in [-0.39, 0.29) is 5.41 Å². The van der Waals surface area contributed by atoms with Gasteiger partial charge in [-0.15, -0.1) is 11.8 Å². The first-order valence-electron chi connectivity index (χ1n) is 6.24. The smallest absolute Gasteiger partial charge is 0.136 e. The Labute approximate surface area is 118 Å². The Morgan fingerprint density at radius 3 is 2.56 bits per heavy atom. The molecule has 2 rings (SSSR count). The number of nitrogens with zero attached hydrogens (tertiary/aromatic N) is 2. The van der Waals surface area contributed by atoms with E-state index in [0.717, 1.165) is 36.9 Å². The van der Waals surface area contributed by atoms with Gasteiger partial charge in [0.25, 0.3) is 0 Å². The highest BCUT2D eigenvalue weighted by Crippen LogP contribution is 2.31. The maximum Gasteiger partial charge on any atom is 0.136 e.